The van der Waals surface area contributed by atoms with Crippen molar-refractivity contribution in [1.82, 2.24) is 9.97 Å². The predicted octanol–water partition coefficient (Wildman–Crippen LogP) is 3.45. The molecular weight excluding hydrogens is 224 g/mol. The van der Waals surface area contributed by atoms with Crippen LogP contribution in [0.3, 0.4) is 0 Å². The molecule has 0 saturated heterocycles. The van der Waals surface area contributed by atoms with Gasteiger partial charge in [-0.1, -0.05) is 20.8 Å². The van der Waals surface area contributed by atoms with Crippen LogP contribution in [0.2, 0.25) is 0 Å². The highest BCUT2D eigenvalue weighted by molar-refractivity contribution is 5.46. The molecular formula is C14H26N4. The van der Waals surface area contributed by atoms with E-state index >= 15 is 0 Å². The lowest BCUT2D eigenvalue weighted by molar-refractivity contribution is 0.538. The van der Waals surface area contributed by atoms with E-state index in [0.717, 1.165) is 30.8 Å². The Kier molecular flexibility index (Phi) is 5.89. The standard InChI is InChI=1S/C14H26N4/c1-6-7-15-14-16-9-11(4)13(18-14)17-12(5)8-10(2)3/h9-10,12H,6-8H2,1-5H3,(H2,15,16,17,18). The van der Waals surface area contributed by atoms with Crippen molar-refractivity contribution in [3.05, 3.63) is 11.8 Å². The maximum absolute atomic E-state index is 4.52. The van der Waals surface area contributed by atoms with E-state index in [-0.39, 0.29) is 0 Å². The van der Waals surface area contributed by atoms with Crippen LogP contribution in [0, 0.1) is 12.8 Å². The van der Waals surface area contributed by atoms with Gasteiger partial charge in [0.25, 0.3) is 0 Å². The van der Waals surface area contributed by atoms with Crippen molar-refractivity contribution in [3.8, 4) is 0 Å². The van der Waals surface area contributed by atoms with Crippen LogP contribution in [0.25, 0.3) is 0 Å². The summed E-state index contributed by atoms with van der Waals surface area (Å²) in [5.74, 6) is 2.34. The molecule has 0 radical (unpaired) electrons. The van der Waals surface area contributed by atoms with Crippen LogP contribution in [0.15, 0.2) is 6.20 Å². The van der Waals surface area contributed by atoms with Crippen molar-refractivity contribution < 1.29 is 0 Å². The first-order chi connectivity index (χ1) is 8.52. The van der Waals surface area contributed by atoms with E-state index in [0.29, 0.717) is 17.9 Å². The molecule has 0 aliphatic rings. The van der Waals surface area contributed by atoms with E-state index in [9.17, 15) is 0 Å². The van der Waals surface area contributed by atoms with E-state index < -0.39 is 0 Å². The Hall–Kier alpha value is -1.32. The minimum atomic E-state index is 0.428. The lowest BCUT2D eigenvalue weighted by Gasteiger charge is -2.18. The summed E-state index contributed by atoms with van der Waals surface area (Å²) in [6.45, 7) is 11.7. The van der Waals surface area contributed by atoms with Crippen LogP contribution in [0.5, 0.6) is 0 Å². The molecule has 18 heavy (non-hydrogen) atoms. The van der Waals surface area contributed by atoms with Crippen molar-refractivity contribution in [2.75, 3.05) is 17.2 Å². The lowest BCUT2D eigenvalue weighted by atomic mass is 10.1. The SMILES string of the molecule is CCCNc1ncc(C)c(NC(C)CC(C)C)n1. The number of hydrogen-bond donors (Lipinski definition) is 2. The predicted molar refractivity (Wildman–Crippen MR) is 78.1 cm³/mol. The first-order valence-corrected chi connectivity index (χ1v) is 6.87. The van der Waals surface area contributed by atoms with Gasteiger partial charge in [0, 0.05) is 24.3 Å². The zero-order chi connectivity index (χ0) is 13.5. The average Bonchev–Trinajstić information content (AvgIpc) is 2.29. The minimum absolute atomic E-state index is 0.428. The van der Waals surface area contributed by atoms with Crippen LogP contribution < -0.4 is 10.6 Å². The van der Waals surface area contributed by atoms with Crippen LogP contribution in [0.4, 0.5) is 11.8 Å². The van der Waals surface area contributed by atoms with Crippen LogP contribution >= 0.6 is 0 Å². The fourth-order valence-corrected chi connectivity index (χ4v) is 1.91. The molecule has 2 N–H and O–H groups in total. The molecule has 0 fully saturated rings. The lowest BCUT2D eigenvalue weighted by Crippen LogP contribution is -2.19. The van der Waals surface area contributed by atoms with Gasteiger partial charge in [-0.25, -0.2) is 4.98 Å². The van der Waals surface area contributed by atoms with E-state index in [1.54, 1.807) is 0 Å². The van der Waals surface area contributed by atoms with Crippen molar-refractivity contribution in [1.29, 1.82) is 0 Å². The van der Waals surface area contributed by atoms with Crippen LogP contribution in [0.1, 0.15) is 46.1 Å². The summed E-state index contributed by atoms with van der Waals surface area (Å²) >= 11 is 0. The molecule has 0 aliphatic carbocycles. The van der Waals surface area contributed by atoms with Crippen molar-refractivity contribution >= 4 is 11.8 Å². The Bertz CT molecular complexity index is 363. The number of aryl methyl sites for hydroxylation is 1. The Morgan fingerprint density at radius 3 is 2.61 bits per heavy atom. The minimum Gasteiger partial charge on any atom is -0.367 e. The second-order valence-corrected chi connectivity index (χ2v) is 5.33. The topological polar surface area (TPSA) is 49.8 Å². The summed E-state index contributed by atoms with van der Waals surface area (Å²) in [5, 5.41) is 6.68. The number of aromatic nitrogens is 2. The molecule has 4 nitrogen and oxygen atoms in total. The maximum Gasteiger partial charge on any atom is 0.224 e. The third-order valence-electron chi connectivity index (χ3n) is 2.71. The van der Waals surface area contributed by atoms with Gasteiger partial charge in [0.15, 0.2) is 0 Å². The summed E-state index contributed by atoms with van der Waals surface area (Å²) in [7, 11) is 0. The summed E-state index contributed by atoms with van der Waals surface area (Å²) in [6, 6.07) is 0.428. The molecule has 1 atom stereocenters. The average molecular weight is 250 g/mol. The van der Waals surface area contributed by atoms with Crippen molar-refractivity contribution in [2.45, 2.75) is 53.5 Å². The molecule has 1 unspecified atom stereocenters. The molecule has 0 aliphatic heterocycles. The highest BCUT2D eigenvalue weighted by Gasteiger charge is 2.09. The highest BCUT2D eigenvalue weighted by atomic mass is 15.1. The van der Waals surface area contributed by atoms with E-state index in [4.69, 9.17) is 0 Å². The quantitative estimate of drug-likeness (QED) is 0.778. The molecule has 0 spiro atoms. The molecule has 102 valence electrons. The summed E-state index contributed by atoms with van der Waals surface area (Å²) < 4.78 is 0. The molecule has 1 heterocycles. The first-order valence-electron chi connectivity index (χ1n) is 6.87. The third kappa shape index (κ3) is 4.90. The van der Waals surface area contributed by atoms with Gasteiger partial charge in [-0.15, -0.1) is 0 Å². The van der Waals surface area contributed by atoms with Gasteiger partial charge < -0.3 is 10.6 Å². The number of nitrogens with zero attached hydrogens (tertiary/aromatic N) is 2. The van der Waals surface area contributed by atoms with Gasteiger partial charge in [0.2, 0.25) is 5.95 Å². The number of nitrogens with one attached hydrogen (secondary N) is 2. The Morgan fingerprint density at radius 2 is 2.00 bits per heavy atom. The second kappa shape index (κ2) is 7.19. The number of hydrogen-bond acceptors (Lipinski definition) is 4. The van der Waals surface area contributed by atoms with Gasteiger partial charge in [-0.05, 0) is 32.6 Å². The summed E-state index contributed by atoms with van der Waals surface area (Å²) in [4.78, 5) is 8.81. The Balaban J connectivity index is 2.68. The molecule has 0 bridgehead atoms. The van der Waals surface area contributed by atoms with E-state index in [2.05, 4.69) is 48.3 Å². The third-order valence-corrected chi connectivity index (χ3v) is 2.71. The van der Waals surface area contributed by atoms with Crippen LogP contribution in [-0.2, 0) is 0 Å². The zero-order valence-electron chi connectivity index (χ0n) is 12.2. The molecule has 1 rings (SSSR count). The number of rotatable bonds is 7. The van der Waals surface area contributed by atoms with Crippen molar-refractivity contribution in [3.63, 3.8) is 0 Å². The summed E-state index contributed by atoms with van der Waals surface area (Å²) in [6.07, 6.45) is 4.08. The van der Waals surface area contributed by atoms with Crippen molar-refractivity contribution in [2.24, 2.45) is 5.92 Å². The Labute approximate surface area is 111 Å². The number of anilines is 2. The first kappa shape index (κ1) is 14.7. The molecule has 0 saturated carbocycles. The van der Waals surface area contributed by atoms with Gasteiger partial charge in [0.05, 0.1) is 0 Å². The van der Waals surface area contributed by atoms with Gasteiger partial charge >= 0.3 is 0 Å². The molecule has 1 aromatic rings. The summed E-state index contributed by atoms with van der Waals surface area (Å²) in [5.41, 5.74) is 1.09. The monoisotopic (exact) mass is 250 g/mol. The normalized spacial score (nSPS) is 12.6. The fourth-order valence-electron chi connectivity index (χ4n) is 1.91. The van der Waals surface area contributed by atoms with Gasteiger partial charge in [0.1, 0.15) is 5.82 Å². The molecule has 0 amide bonds. The molecule has 1 aromatic heterocycles. The zero-order valence-corrected chi connectivity index (χ0v) is 12.2. The molecule has 0 aromatic carbocycles. The smallest absolute Gasteiger partial charge is 0.224 e. The van der Waals surface area contributed by atoms with E-state index in [1.165, 1.54) is 0 Å². The second-order valence-electron chi connectivity index (χ2n) is 5.33. The Morgan fingerprint density at radius 1 is 1.28 bits per heavy atom. The largest absolute Gasteiger partial charge is 0.367 e. The fraction of sp³-hybridized carbons (Fsp3) is 0.714. The highest BCUT2D eigenvalue weighted by Crippen LogP contribution is 2.16. The van der Waals surface area contributed by atoms with E-state index in [1.807, 2.05) is 13.1 Å². The maximum atomic E-state index is 4.52. The van der Waals surface area contributed by atoms with Crippen LogP contribution in [-0.4, -0.2) is 22.6 Å². The van der Waals surface area contributed by atoms with Gasteiger partial charge in [-0.3, -0.25) is 0 Å². The van der Waals surface area contributed by atoms with Gasteiger partial charge in [-0.2, -0.15) is 4.98 Å². The molecule has 4 heteroatoms.